The summed E-state index contributed by atoms with van der Waals surface area (Å²) in [6.45, 7) is 1.87. The van der Waals surface area contributed by atoms with Crippen LogP contribution < -0.4 is 5.73 Å². The number of hydrogen-bond acceptors (Lipinski definition) is 3. The van der Waals surface area contributed by atoms with Crippen LogP contribution in [0.25, 0.3) is 12.2 Å². The Labute approximate surface area is 87.9 Å². The fourth-order valence-electron chi connectivity index (χ4n) is 1.27. The fraction of sp³-hybridized carbons (Fsp3) is 0.0909. The second kappa shape index (κ2) is 3.96. The van der Waals surface area contributed by atoms with Crippen molar-refractivity contribution in [2.75, 3.05) is 5.73 Å². The van der Waals surface area contributed by atoms with Crippen molar-refractivity contribution in [2.45, 2.75) is 6.92 Å². The van der Waals surface area contributed by atoms with Crippen molar-refractivity contribution in [3.05, 3.63) is 41.5 Å². The molecule has 3 N–H and O–H groups in total. The molecular weight excluding hydrogens is 188 g/mol. The van der Waals surface area contributed by atoms with Crippen molar-refractivity contribution in [1.82, 2.24) is 15.2 Å². The molecule has 0 amide bonds. The summed E-state index contributed by atoms with van der Waals surface area (Å²) in [5.41, 5.74) is 7.45. The van der Waals surface area contributed by atoms with Crippen molar-refractivity contribution in [1.29, 1.82) is 0 Å². The van der Waals surface area contributed by atoms with E-state index in [-0.39, 0.29) is 0 Å². The smallest absolute Gasteiger partial charge is 0.173 e. The maximum Gasteiger partial charge on any atom is 0.173 e. The summed E-state index contributed by atoms with van der Waals surface area (Å²) in [5, 5.41) is 6.78. The van der Waals surface area contributed by atoms with Crippen LogP contribution in [0, 0.1) is 6.92 Å². The first kappa shape index (κ1) is 9.45. The SMILES string of the molecule is Cc1nc(/C=C/c2cccc(N)c2)n[nH]1. The quantitative estimate of drug-likeness (QED) is 0.727. The number of nitrogens with zero attached hydrogens (tertiary/aromatic N) is 2. The van der Waals surface area contributed by atoms with E-state index < -0.39 is 0 Å². The van der Waals surface area contributed by atoms with Gasteiger partial charge in [-0.2, -0.15) is 5.10 Å². The normalized spacial score (nSPS) is 11.0. The molecule has 0 saturated carbocycles. The molecule has 0 aliphatic rings. The summed E-state index contributed by atoms with van der Waals surface area (Å²) in [6.07, 6.45) is 3.78. The number of nitrogens with two attached hydrogens (primary N) is 1. The third-order valence-corrected chi connectivity index (χ3v) is 1.95. The summed E-state index contributed by atoms with van der Waals surface area (Å²) in [5.74, 6) is 1.48. The van der Waals surface area contributed by atoms with Crippen molar-refractivity contribution >= 4 is 17.8 Å². The summed E-state index contributed by atoms with van der Waals surface area (Å²) < 4.78 is 0. The Balaban J connectivity index is 2.18. The van der Waals surface area contributed by atoms with Gasteiger partial charge in [-0.1, -0.05) is 18.2 Å². The van der Waals surface area contributed by atoms with Gasteiger partial charge in [0.05, 0.1) is 0 Å². The lowest BCUT2D eigenvalue weighted by molar-refractivity contribution is 1.03. The maximum absolute atomic E-state index is 5.66. The van der Waals surface area contributed by atoms with Crippen molar-refractivity contribution < 1.29 is 0 Å². The third-order valence-electron chi connectivity index (χ3n) is 1.95. The van der Waals surface area contributed by atoms with Crippen LogP contribution in [0.15, 0.2) is 24.3 Å². The number of aryl methyl sites for hydroxylation is 1. The van der Waals surface area contributed by atoms with E-state index in [4.69, 9.17) is 5.73 Å². The Hall–Kier alpha value is -2.10. The molecule has 0 bridgehead atoms. The average molecular weight is 200 g/mol. The number of nitrogen functional groups attached to an aromatic ring is 1. The number of benzene rings is 1. The number of hydrogen-bond donors (Lipinski definition) is 2. The lowest BCUT2D eigenvalue weighted by Crippen LogP contribution is -1.83. The van der Waals surface area contributed by atoms with Crippen LogP contribution >= 0.6 is 0 Å². The van der Waals surface area contributed by atoms with Gasteiger partial charge in [-0.05, 0) is 30.7 Å². The predicted molar refractivity (Wildman–Crippen MR) is 60.9 cm³/mol. The van der Waals surface area contributed by atoms with Gasteiger partial charge in [-0.15, -0.1) is 0 Å². The standard InChI is InChI=1S/C11H12N4/c1-8-13-11(15-14-8)6-5-9-3-2-4-10(12)7-9/h2-7H,12H2,1H3,(H,13,14,15)/b6-5+. The molecule has 0 aliphatic carbocycles. The van der Waals surface area contributed by atoms with E-state index in [9.17, 15) is 0 Å². The number of anilines is 1. The molecule has 2 rings (SSSR count). The Morgan fingerprint density at radius 1 is 1.33 bits per heavy atom. The van der Waals surface area contributed by atoms with Crippen molar-refractivity contribution in [3.8, 4) is 0 Å². The first-order valence-electron chi connectivity index (χ1n) is 4.67. The Kier molecular flexibility index (Phi) is 2.49. The minimum atomic E-state index is 0.676. The molecule has 0 aliphatic heterocycles. The minimum absolute atomic E-state index is 0.676. The van der Waals surface area contributed by atoms with E-state index in [1.165, 1.54) is 0 Å². The number of rotatable bonds is 2. The lowest BCUT2D eigenvalue weighted by Gasteiger charge is -1.94. The molecule has 0 fully saturated rings. The first-order chi connectivity index (χ1) is 7.24. The monoisotopic (exact) mass is 200 g/mol. The topological polar surface area (TPSA) is 67.6 Å². The van der Waals surface area contributed by atoms with Gasteiger partial charge in [0.2, 0.25) is 0 Å². The van der Waals surface area contributed by atoms with Crippen LogP contribution in [0.2, 0.25) is 0 Å². The zero-order valence-electron chi connectivity index (χ0n) is 8.44. The van der Waals surface area contributed by atoms with E-state index >= 15 is 0 Å². The minimum Gasteiger partial charge on any atom is -0.399 e. The Bertz CT molecular complexity index is 485. The van der Waals surface area contributed by atoms with E-state index in [1.54, 1.807) is 0 Å². The molecular formula is C11H12N4. The second-order valence-corrected chi connectivity index (χ2v) is 3.28. The van der Waals surface area contributed by atoms with Crippen LogP contribution in [0.3, 0.4) is 0 Å². The molecule has 0 unspecified atom stereocenters. The average Bonchev–Trinajstić information content (AvgIpc) is 2.62. The molecule has 4 heteroatoms. The summed E-state index contributed by atoms with van der Waals surface area (Å²) >= 11 is 0. The van der Waals surface area contributed by atoms with E-state index in [1.807, 2.05) is 43.3 Å². The molecule has 0 radical (unpaired) electrons. The molecule has 15 heavy (non-hydrogen) atoms. The van der Waals surface area contributed by atoms with Gasteiger partial charge in [0.1, 0.15) is 5.82 Å². The molecule has 0 saturated heterocycles. The molecule has 1 aromatic carbocycles. The van der Waals surface area contributed by atoms with Crippen LogP contribution in [0.1, 0.15) is 17.2 Å². The van der Waals surface area contributed by atoms with Crippen LogP contribution in [0.4, 0.5) is 5.69 Å². The number of nitrogens with one attached hydrogen (secondary N) is 1. The first-order valence-corrected chi connectivity index (χ1v) is 4.67. The molecule has 1 aromatic heterocycles. The molecule has 1 heterocycles. The summed E-state index contributed by atoms with van der Waals surface area (Å²) in [7, 11) is 0. The molecule has 0 spiro atoms. The number of aromatic amines is 1. The van der Waals surface area contributed by atoms with Gasteiger partial charge < -0.3 is 5.73 Å². The highest BCUT2D eigenvalue weighted by atomic mass is 15.2. The fourth-order valence-corrected chi connectivity index (χ4v) is 1.27. The van der Waals surface area contributed by atoms with Crippen molar-refractivity contribution in [3.63, 3.8) is 0 Å². The van der Waals surface area contributed by atoms with Gasteiger partial charge in [0.25, 0.3) is 0 Å². The van der Waals surface area contributed by atoms with Gasteiger partial charge in [0.15, 0.2) is 5.82 Å². The molecule has 2 aromatic rings. The molecule has 76 valence electrons. The second-order valence-electron chi connectivity index (χ2n) is 3.28. The molecule has 0 atom stereocenters. The largest absolute Gasteiger partial charge is 0.399 e. The summed E-state index contributed by atoms with van der Waals surface area (Å²) in [4.78, 5) is 4.16. The maximum atomic E-state index is 5.66. The lowest BCUT2D eigenvalue weighted by atomic mass is 10.2. The van der Waals surface area contributed by atoms with Gasteiger partial charge in [0, 0.05) is 5.69 Å². The van der Waals surface area contributed by atoms with Gasteiger partial charge in [-0.25, -0.2) is 4.98 Å². The highest BCUT2D eigenvalue weighted by Crippen LogP contribution is 2.09. The Morgan fingerprint density at radius 3 is 2.87 bits per heavy atom. The zero-order valence-corrected chi connectivity index (χ0v) is 8.44. The van der Waals surface area contributed by atoms with E-state index in [0.717, 1.165) is 17.1 Å². The highest BCUT2D eigenvalue weighted by molar-refractivity contribution is 5.68. The van der Waals surface area contributed by atoms with Gasteiger partial charge in [-0.3, -0.25) is 5.10 Å². The number of aromatic nitrogens is 3. The zero-order chi connectivity index (χ0) is 10.7. The van der Waals surface area contributed by atoms with E-state index in [2.05, 4.69) is 15.2 Å². The highest BCUT2D eigenvalue weighted by Gasteiger charge is 1.93. The van der Waals surface area contributed by atoms with Crippen LogP contribution in [-0.4, -0.2) is 15.2 Å². The van der Waals surface area contributed by atoms with Gasteiger partial charge >= 0.3 is 0 Å². The van der Waals surface area contributed by atoms with Crippen molar-refractivity contribution in [2.24, 2.45) is 0 Å². The van der Waals surface area contributed by atoms with E-state index in [0.29, 0.717) is 5.82 Å². The van der Waals surface area contributed by atoms with Crippen LogP contribution in [-0.2, 0) is 0 Å². The predicted octanol–water partition coefficient (Wildman–Crippen LogP) is 1.87. The summed E-state index contributed by atoms with van der Waals surface area (Å²) in [6, 6.07) is 7.65. The molecule has 4 nitrogen and oxygen atoms in total. The third kappa shape index (κ3) is 2.43. The Morgan fingerprint density at radius 2 is 2.20 bits per heavy atom. The number of H-pyrrole nitrogens is 1. The van der Waals surface area contributed by atoms with Crippen LogP contribution in [0.5, 0.6) is 0 Å².